The monoisotopic (exact) mass is 254 g/mol. The Morgan fingerprint density at radius 1 is 1.47 bits per heavy atom. The largest absolute Gasteiger partial charge is 0.383 e. The molecule has 0 bridgehead atoms. The third-order valence-electron chi connectivity index (χ3n) is 3.17. The molecule has 0 saturated carbocycles. The summed E-state index contributed by atoms with van der Waals surface area (Å²) in [5.41, 5.74) is 5.59. The molecule has 0 aliphatic carbocycles. The average molecular weight is 254 g/mol. The molecular formula is C12H22N4S. The van der Waals surface area contributed by atoms with Crippen LogP contribution in [-0.4, -0.2) is 35.5 Å². The van der Waals surface area contributed by atoms with E-state index in [9.17, 15) is 0 Å². The summed E-state index contributed by atoms with van der Waals surface area (Å²) >= 11 is 1.44. The van der Waals surface area contributed by atoms with Gasteiger partial charge in [0.2, 0.25) is 0 Å². The number of aromatic nitrogens is 1. The normalized spacial score (nSPS) is 19.1. The first kappa shape index (κ1) is 12.6. The molecule has 0 amide bonds. The molecule has 1 saturated heterocycles. The Morgan fingerprint density at radius 2 is 2.24 bits per heavy atom. The van der Waals surface area contributed by atoms with Gasteiger partial charge in [0.25, 0.3) is 0 Å². The van der Waals surface area contributed by atoms with Crippen LogP contribution in [0.25, 0.3) is 0 Å². The standard InChI is InChI=1S/C12H22N4S/c1-10(9-16-5-3-2-4-6-16)8-14-12-7-11(13)15-17-12/h7,10,14H,2-6,8-9H2,1H3,(H2,13,15). The Morgan fingerprint density at radius 3 is 2.88 bits per heavy atom. The van der Waals surface area contributed by atoms with Crippen LogP contribution < -0.4 is 11.1 Å². The summed E-state index contributed by atoms with van der Waals surface area (Å²) in [7, 11) is 0. The second-order valence-electron chi connectivity index (χ2n) is 4.96. The number of nitrogens with zero attached hydrogens (tertiary/aromatic N) is 2. The topological polar surface area (TPSA) is 54.2 Å². The lowest BCUT2D eigenvalue weighted by Gasteiger charge is -2.29. The summed E-state index contributed by atoms with van der Waals surface area (Å²) in [4.78, 5) is 2.58. The number of nitrogens with one attached hydrogen (secondary N) is 1. The maximum atomic E-state index is 5.59. The molecule has 1 unspecified atom stereocenters. The van der Waals surface area contributed by atoms with Crippen molar-refractivity contribution in [2.24, 2.45) is 5.92 Å². The number of nitrogens with two attached hydrogens (primary N) is 1. The van der Waals surface area contributed by atoms with Crippen LogP contribution in [0.3, 0.4) is 0 Å². The highest BCUT2D eigenvalue weighted by atomic mass is 32.1. The number of likely N-dealkylation sites (tertiary alicyclic amines) is 1. The zero-order chi connectivity index (χ0) is 12.1. The maximum absolute atomic E-state index is 5.59. The van der Waals surface area contributed by atoms with Gasteiger partial charge >= 0.3 is 0 Å². The van der Waals surface area contributed by atoms with Crippen molar-refractivity contribution in [1.29, 1.82) is 0 Å². The molecule has 1 aromatic heterocycles. The Balaban J connectivity index is 1.68. The van der Waals surface area contributed by atoms with Crippen molar-refractivity contribution in [1.82, 2.24) is 9.27 Å². The Bertz CT molecular complexity index is 333. The van der Waals surface area contributed by atoms with Crippen molar-refractivity contribution >= 4 is 22.4 Å². The van der Waals surface area contributed by atoms with Crippen LogP contribution in [0.4, 0.5) is 10.8 Å². The molecule has 17 heavy (non-hydrogen) atoms. The number of nitrogen functional groups attached to an aromatic ring is 1. The molecule has 1 aromatic rings. The summed E-state index contributed by atoms with van der Waals surface area (Å²) in [5, 5.41) is 4.48. The molecule has 5 heteroatoms. The van der Waals surface area contributed by atoms with Crippen LogP contribution >= 0.6 is 11.5 Å². The molecule has 0 radical (unpaired) electrons. The number of rotatable bonds is 5. The van der Waals surface area contributed by atoms with E-state index in [1.54, 1.807) is 0 Å². The molecule has 2 heterocycles. The minimum Gasteiger partial charge on any atom is -0.383 e. The first-order valence-corrected chi connectivity index (χ1v) is 7.20. The number of piperidine rings is 1. The molecular weight excluding hydrogens is 232 g/mol. The van der Waals surface area contributed by atoms with Gasteiger partial charge in [-0.15, -0.1) is 0 Å². The van der Waals surface area contributed by atoms with Crippen LogP contribution in [0.1, 0.15) is 26.2 Å². The van der Waals surface area contributed by atoms with E-state index in [0.717, 1.165) is 11.5 Å². The van der Waals surface area contributed by atoms with Crippen LogP contribution in [0.2, 0.25) is 0 Å². The highest BCUT2D eigenvalue weighted by molar-refractivity contribution is 7.10. The van der Waals surface area contributed by atoms with Crippen LogP contribution in [0.5, 0.6) is 0 Å². The Hall–Kier alpha value is -0.810. The van der Waals surface area contributed by atoms with E-state index in [-0.39, 0.29) is 0 Å². The van der Waals surface area contributed by atoms with Gasteiger partial charge in [-0.05, 0) is 43.4 Å². The fourth-order valence-corrected chi connectivity index (χ4v) is 2.87. The molecule has 0 spiro atoms. The van der Waals surface area contributed by atoms with E-state index in [0.29, 0.717) is 11.7 Å². The zero-order valence-electron chi connectivity index (χ0n) is 10.5. The van der Waals surface area contributed by atoms with Gasteiger partial charge in [-0.3, -0.25) is 0 Å². The van der Waals surface area contributed by atoms with Gasteiger partial charge in [-0.1, -0.05) is 13.3 Å². The van der Waals surface area contributed by atoms with Crippen molar-refractivity contribution in [3.8, 4) is 0 Å². The fourth-order valence-electron chi connectivity index (χ4n) is 2.29. The quantitative estimate of drug-likeness (QED) is 0.846. The van der Waals surface area contributed by atoms with Crippen molar-refractivity contribution in [2.45, 2.75) is 26.2 Å². The Labute approximate surface area is 107 Å². The average Bonchev–Trinajstić information content (AvgIpc) is 2.74. The summed E-state index contributed by atoms with van der Waals surface area (Å²) in [6.07, 6.45) is 4.14. The first-order valence-electron chi connectivity index (χ1n) is 6.42. The summed E-state index contributed by atoms with van der Waals surface area (Å²) in [5.74, 6) is 1.28. The number of anilines is 2. The van der Waals surface area contributed by atoms with Crippen molar-refractivity contribution in [3.63, 3.8) is 0 Å². The predicted octanol–water partition coefficient (Wildman–Crippen LogP) is 2.26. The van der Waals surface area contributed by atoms with E-state index < -0.39 is 0 Å². The lowest BCUT2D eigenvalue weighted by molar-refractivity contribution is 0.204. The molecule has 1 aliphatic rings. The number of hydrogen-bond donors (Lipinski definition) is 2. The smallest absolute Gasteiger partial charge is 0.139 e. The summed E-state index contributed by atoms with van der Waals surface area (Å²) < 4.78 is 4.06. The first-order chi connectivity index (χ1) is 8.24. The Kier molecular flexibility index (Phi) is 4.62. The lowest BCUT2D eigenvalue weighted by atomic mass is 10.1. The molecule has 4 nitrogen and oxygen atoms in total. The second kappa shape index (κ2) is 6.21. The van der Waals surface area contributed by atoms with Crippen molar-refractivity contribution in [2.75, 3.05) is 37.2 Å². The predicted molar refractivity (Wildman–Crippen MR) is 74.5 cm³/mol. The van der Waals surface area contributed by atoms with E-state index in [1.807, 2.05) is 6.07 Å². The maximum Gasteiger partial charge on any atom is 0.139 e. The minimum absolute atomic E-state index is 0.612. The van der Waals surface area contributed by atoms with Crippen LogP contribution in [-0.2, 0) is 0 Å². The summed E-state index contributed by atoms with van der Waals surface area (Å²) in [6, 6.07) is 1.90. The van der Waals surface area contributed by atoms with E-state index in [1.165, 1.54) is 50.4 Å². The van der Waals surface area contributed by atoms with Crippen molar-refractivity contribution in [3.05, 3.63) is 6.07 Å². The van der Waals surface area contributed by atoms with Crippen molar-refractivity contribution < 1.29 is 0 Å². The van der Waals surface area contributed by atoms with Gasteiger partial charge in [0, 0.05) is 19.2 Å². The molecule has 0 aromatic carbocycles. The van der Waals surface area contributed by atoms with Gasteiger partial charge < -0.3 is 16.0 Å². The highest BCUT2D eigenvalue weighted by Crippen LogP contribution is 2.18. The van der Waals surface area contributed by atoms with Gasteiger partial charge in [0.15, 0.2) is 0 Å². The molecule has 1 aliphatic heterocycles. The van der Waals surface area contributed by atoms with Crippen LogP contribution in [0.15, 0.2) is 6.07 Å². The molecule has 3 N–H and O–H groups in total. The van der Waals surface area contributed by atoms with E-state index in [4.69, 9.17) is 5.73 Å². The van der Waals surface area contributed by atoms with E-state index in [2.05, 4.69) is 21.5 Å². The van der Waals surface area contributed by atoms with Gasteiger partial charge in [0.05, 0.1) is 0 Å². The SMILES string of the molecule is CC(CNc1cc(N)ns1)CN1CCCCC1. The minimum atomic E-state index is 0.612. The molecule has 1 fully saturated rings. The van der Waals surface area contributed by atoms with E-state index >= 15 is 0 Å². The van der Waals surface area contributed by atoms with Gasteiger partial charge in [0.1, 0.15) is 10.8 Å². The molecule has 96 valence electrons. The summed E-state index contributed by atoms with van der Waals surface area (Å²) in [6.45, 7) is 7.04. The zero-order valence-corrected chi connectivity index (χ0v) is 11.3. The highest BCUT2D eigenvalue weighted by Gasteiger charge is 2.13. The lowest BCUT2D eigenvalue weighted by Crippen LogP contribution is -2.35. The number of hydrogen-bond acceptors (Lipinski definition) is 5. The fraction of sp³-hybridized carbons (Fsp3) is 0.750. The van der Waals surface area contributed by atoms with Gasteiger partial charge in [-0.25, -0.2) is 0 Å². The molecule has 2 rings (SSSR count). The van der Waals surface area contributed by atoms with Gasteiger partial charge in [-0.2, -0.15) is 4.37 Å². The second-order valence-corrected chi connectivity index (χ2v) is 5.77. The van der Waals surface area contributed by atoms with Crippen LogP contribution in [0, 0.1) is 5.92 Å². The molecule has 1 atom stereocenters. The third kappa shape index (κ3) is 4.16. The third-order valence-corrected chi connectivity index (χ3v) is 3.93.